The van der Waals surface area contributed by atoms with Crippen LogP contribution in [0, 0.1) is 0 Å². The molecule has 2 aromatic rings. The van der Waals surface area contributed by atoms with Crippen LogP contribution in [0.15, 0.2) is 24.4 Å². The maximum absolute atomic E-state index is 12.6. The molecule has 0 aliphatic carbocycles. The number of aromatic nitrogens is 2. The smallest absolute Gasteiger partial charge is 0.318 e. The maximum atomic E-state index is 12.6. The van der Waals surface area contributed by atoms with Gasteiger partial charge in [-0.05, 0) is 24.6 Å². The number of anilines is 2. The van der Waals surface area contributed by atoms with Crippen LogP contribution >= 0.6 is 0 Å². The largest absolute Gasteiger partial charge is 0.497 e. The van der Waals surface area contributed by atoms with Crippen LogP contribution in [0.5, 0.6) is 17.5 Å². The Balaban J connectivity index is 2.27. The van der Waals surface area contributed by atoms with Gasteiger partial charge in [0.15, 0.2) is 5.82 Å². The standard InChI is InChI=1S/C16H20N4O4/c1-4-7-24-13-6-5-10(22-2)8-11(13)15(21)19-12-9-18-16(23-3)20-14(12)17/h5-6,8-9H,4,7H2,1-3H3,(H,19,21)(H2,17,18,20). The van der Waals surface area contributed by atoms with Gasteiger partial charge in [0, 0.05) is 0 Å². The summed E-state index contributed by atoms with van der Waals surface area (Å²) in [5.74, 6) is 0.709. The summed E-state index contributed by atoms with van der Waals surface area (Å²) >= 11 is 0. The number of carbonyl (C=O) groups is 1. The summed E-state index contributed by atoms with van der Waals surface area (Å²) in [6, 6.07) is 5.14. The number of hydrogen-bond donors (Lipinski definition) is 2. The first kappa shape index (κ1) is 17.3. The molecular formula is C16H20N4O4. The van der Waals surface area contributed by atoms with E-state index in [1.165, 1.54) is 20.4 Å². The minimum atomic E-state index is -0.402. The van der Waals surface area contributed by atoms with Crippen molar-refractivity contribution in [1.82, 2.24) is 9.97 Å². The molecule has 8 heteroatoms. The molecule has 1 aromatic heterocycles. The van der Waals surface area contributed by atoms with E-state index in [2.05, 4.69) is 15.3 Å². The summed E-state index contributed by atoms with van der Waals surface area (Å²) in [5.41, 5.74) is 6.41. The third-order valence-electron chi connectivity index (χ3n) is 3.12. The van der Waals surface area contributed by atoms with E-state index in [9.17, 15) is 4.79 Å². The van der Waals surface area contributed by atoms with Crippen molar-refractivity contribution < 1.29 is 19.0 Å². The van der Waals surface area contributed by atoms with Gasteiger partial charge in [-0.25, -0.2) is 4.98 Å². The predicted molar refractivity (Wildman–Crippen MR) is 89.7 cm³/mol. The van der Waals surface area contributed by atoms with Crippen LogP contribution in [0.2, 0.25) is 0 Å². The highest BCUT2D eigenvalue weighted by Gasteiger charge is 2.16. The Hall–Kier alpha value is -3.03. The second-order valence-electron chi connectivity index (χ2n) is 4.82. The second kappa shape index (κ2) is 8.00. The number of amides is 1. The number of ether oxygens (including phenoxy) is 3. The van der Waals surface area contributed by atoms with Gasteiger partial charge in [-0.2, -0.15) is 4.98 Å². The molecule has 0 aliphatic heterocycles. The van der Waals surface area contributed by atoms with Crippen LogP contribution < -0.4 is 25.3 Å². The van der Waals surface area contributed by atoms with Crippen LogP contribution in [0.3, 0.4) is 0 Å². The molecule has 1 heterocycles. The van der Waals surface area contributed by atoms with E-state index in [0.29, 0.717) is 23.7 Å². The van der Waals surface area contributed by atoms with Crippen molar-refractivity contribution in [3.05, 3.63) is 30.0 Å². The van der Waals surface area contributed by atoms with E-state index in [1.54, 1.807) is 18.2 Å². The van der Waals surface area contributed by atoms with Crippen molar-refractivity contribution in [2.45, 2.75) is 13.3 Å². The van der Waals surface area contributed by atoms with Gasteiger partial charge < -0.3 is 25.3 Å². The number of methoxy groups -OCH3 is 2. The van der Waals surface area contributed by atoms with E-state index < -0.39 is 5.91 Å². The monoisotopic (exact) mass is 332 g/mol. The van der Waals surface area contributed by atoms with Gasteiger partial charge in [0.05, 0.1) is 32.6 Å². The normalized spacial score (nSPS) is 10.1. The highest BCUT2D eigenvalue weighted by Crippen LogP contribution is 2.26. The van der Waals surface area contributed by atoms with Crippen LogP contribution in [-0.4, -0.2) is 36.7 Å². The summed E-state index contributed by atoms with van der Waals surface area (Å²) in [5, 5.41) is 2.67. The Morgan fingerprint density at radius 3 is 2.71 bits per heavy atom. The fraction of sp³-hybridized carbons (Fsp3) is 0.312. The number of nitrogens with zero attached hydrogens (tertiary/aromatic N) is 2. The number of nitrogens with one attached hydrogen (secondary N) is 1. The van der Waals surface area contributed by atoms with E-state index in [-0.39, 0.29) is 17.5 Å². The van der Waals surface area contributed by atoms with Gasteiger partial charge in [-0.3, -0.25) is 4.79 Å². The molecule has 3 N–H and O–H groups in total. The summed E-state index contributed by atoms with van der Waals surface area (Å²) in [6.45, 7) is 2.49. The molecule has 1 amide bonds. The van der Waals surface area contributed by atoms with Crippen LogP contribution in [0.25, 0.3) is 0 Å². The number of nitrogens with two attached hydrogens (primary N) is 1. The Bertz CT molecular complexity index is 721. The fourth-order valence-corrected chi connectivity index (χ4v) is 1.91. The lowest BCUT2D eigenvalue weighted by Gasteiger charge is -2.13. The Labute approximate surface area is 140 Å². The Kier molecular flexibility index (Phi) is 5.78. The van der Waals surface area contributed by atoms with Gasteiger partial charge in [-0.15, -0.1) is 0 Å². The van der Waals surface area contributed by atoms with Crippen molar-refractivity contribution in [3.8, 4) is 17.5 Å². The zero-order valence-corrected chi connectivity index (χ0v) is 13.8. The highest BCUT2D eigenvalue weighted by molar-refractivity contribution is 6.07. The van der Waals surface area contributed by atoms with E-state index in [1.807, 2.05) is 6.92 Å². The number of nitrogen functional groups attached to an aromatic ring is 1. The first-order chi connectivity index (χ1) is 11.6. The highest BCUT2D eigenvalue weighted by atomic mass is 16.5. The Morgan fingerprint density at radius 1 is 1.29 bits per heavy atom. The van der Waals surface area contributed by atoms with Crippen LogP contribution in [0.4, 0.5) is 11.5 Å². The van der Waals surface area contributed by atoms with Crippen molar-refractivity contribution in [2.24, 2.45) is 0 Å². The maximum Gasteiger partial charge on any atom is 0.318 e. The molecule has 2 rings (SSSR count). The molecule has 0 bridgehead atoms. The minimum absolute atomic E-state index is 0.106. The van der Waals surface area contributed by atoms with E-state index >= 15 is 0 Å². The van der Waals surface area contributed by atoms with E-state index in [0.717, 1.165) is 6.42 Å². The van der Waals surface area contributed by atoms with Gasteiger partial charge >= 0.3 is 6.01 Å². The molecule has 1 aromatic carbocycles. The lowest BCUT2D eigenvalue weighted by Crippen LogP contribution is -2.16. The second-order valence-corrected chi connectivity index (χ2v) is 4.82. The number of hydrogen-bond acceptors (Lipinski definition) is 7. The van der Waals surface area contributed by atoms with Crippen LogP contribution in [0.1, 0.15) is 23.7 Å². The third-order valence-corrected chi connectivity index (χ3v) is 3.12. The quantitative estimate of drug-likeness (QED) is 0.799. The first-order valence-corrected chi connectivity index (χ1v) is 7.37. The van der Waals surface area contributed by atoms with Gasteiger partial charge in [0.2, 0.25) is 0 Å². The average molecular weight is 332 g/mol. The molecule has 0 radical (unpaired) electrons. The number of carbonyl (C=O) groups excluding carboxylic acids is 1. The summed E-state index contributed by atoms with van der Waals surface area (Å²) in [7, 11) is 2.96. The van der Waals surface area contributed by atoms with Crippen molar-refractivity contribution in [1.29, 1.82) is 0 Å². The molecule has 0 saturated heterocycles. The molecule has 24 heavy (non-hydrogen) atoms. The molecule has 8 nitrogen and oxygen atoms in total. The molecule has 0 unspecified atom stereocenters. The topological polar surface area (TPSA) is 109 Å². The summed E-state index contributed by atoms with van der Waals surface area (Å²) in [4.78, 5) is 20.4. The third kappa shape index (κ3) is 4.03. The predicted octanol–water partition coefficient (Wildman–Crippen LogP) is 2.12. The van der Waals surface area contributed by atoms with Gasteiger partial charge in [-0.1, -0.05) is 6.92 Å². The fourth-order valence-electron chi connectivity index (χ4n) is 1.91. The van der Waals surface area contributed by atoms with Crippen molar-refractivity contribution >= 4 is 17.4 Å². The molecule has 128 valence electrons. The van der Waals surface area contributed by atoms with Crippen molar-refractivity contribution in [3.63, 3.8) is 0 Å². The lowest BCUT2D eigenvalue weighted by molar-refractivity contribution is 0.102. The molecule has 0 atom stereocenters. The average Bonchev–Trinajstić information content (AvgIpc) is 2.61. The number of rotatable bonds is 7. The molecule has 0 saturated carbocycles. The Morgan fingerprint density at radius 2 is 2.08 bits per heavy atom. The zero-order chi connectivity index (χ0) is 17.5. The SMILES string of the molecule is CCCOc1ccc(OC)cc1C(=O)Nc1cnc(OC)nc1N. The molecular weight excluding hydrogens is 312 g/mol. The zero-order valence-electron chi connectivity index (χ0n) is 13.8. The van der Waals surface area contributed by atoms with Crippen molar-refractivity contribution in [2.75, 3.05) is 31.9 Å². The minimum Gasteiger partial charge on any atom is -0.497 e. The van der Waals surface area contributed by atoms with Gasteiger partial charge in [0.1, 0.15) is 17.2 Å². The summed E-state index contributed by atoms with van der Waals surface area (Å²) in [6.07, 6.45) is 2.21. The molecule has 0 aliphatic rings. The van der Waals surface area contributed by atoms with Gasteiger partial charge in [0.25, 0.3) is 5.91 Å². The number of benzene rings is 1. The summed E-state index contributed by atoms with van der Waals surface area (Å²) < 4.78 is 15.7. The van der Waals surface area contributed by atoms with E-state index in [4.69, 9.17) is 19.9 Å². The molecule has 0 fully saturated rings. The first-order valence-electron chi connectivity index (χ1n) is 7.37. The molecule has 0 spiro atoms. The lowest BCUT2D eigenvalue weighted by atomic mass is 10.1. The van der Waals surface area contributed by atoms with Crippen LogP contribution in [-0.2, 0) is 0 Å².